The van der Waals surface area contributed by atoms with E-state index in [0.29, 0.717) is 11.4 Å². The number of aromatic nitrogens is 2. The van der Waals surface area contributed by atoms with Crippen LogP contribution in [0.1, 0.15) is 17.0 Å². The first-order valence-corrected chi connectivity index (χ1v) is 6.47. The molecule has 0 bridgehead atoms. The van der Waals surface area contributed by atoms with E-state index >= 15 is 0 Å². The van der Waals surface area contributed by atoms with E-state index < -0.39 is 0 Å². The Morgan fingerprint density at radius 2 is 2.11 bits per heavy atom. The number of hydrogen-bond acceptors (Lipinski definition) is 3. The fourth-order valence-electron chi connectivity index (χ4n) is 2.13. The Hall–Kier alpha value is -1.33. The van der Waals surface area contributed by atoms with E-state index in [0.717, 1.165) is 34.5 Å². The third kappa shape index (κ3) is 1.93. The van der Waals surface area contributed by atoms with Crippen molar-refractivity contribution in [3.8, 4) is 11.4 Å². The first kappa shape index (κ1) is 11.7. The molecule has 18 heavy (non-hydrogen) atoms. The first-order valence-electron chi connectivity index (χ1n) is 5.67. The number of rotatable bonds is 1. The minimum Gasteiger partial charge on any atom is -0.307 e. The van der Waals surface area contributed by atoms with Crippen molar-refractivity contribution in [2.45, 2.75) is 20.0 Å². The lowest BCUT2D eigenvalue weighted by molar-refractivity contribution is 0.628. The van der Waals surface area contributed by atoms with Crippen LogP contribution in [0.15, 0.2) is 22.7 Å². The van der Waals surface area contributed by atoms with Gasteiger partial charge in [-0.25, -0.2) is 14.4 Å². The van der Waals surface area contributed by atoms with Gasteiger partial charge in [0.25, 0.3) is 0 Å². The Labute approximate surface area is 113 Å². The van der Waals surface area contributed by atoms with Gasteiger partial charge in [0.1, 0.15) is 5.82 Å². The number of hydrogen-bond donors (Lipinski definition) is 1. The van der Waals surface area contributed by atoms with Gasteiger partial charge in [0.05, 0.1) is 5.69 Å². The molecule has 1 aromatic carbocycles. The zero-order chi connectivity index (χ0) is 12.7. The highest BCUT2D eigenvalue weighted by Crippen LogP contribution is 2.28. The molecule has 92 valence electrons. The third-order valence-corrected chi connectivity index (χ3v) is 3.75. The third-order valence-electron chi connectivity index (χ3n) is 3.06. The summed E-state index contributed by atoms with van der Waals surface area (Å²) in [6, 6.07) is 4.54. The summed E-state index contributed by atoms with van der Waals surface area (Å²) < 4.78 is 14.1. The van der Waals surface area contributed by atoms with E-state index in [1.165, 1.54) is 12.1 Å². The monoisotopic (exact) mass is 307 g/mol. The standard InChI is InChI=1S/C13H11BrFN3/c1-7-10-5-16-6-12(10)18-13(17-7)9-4-8(15)2-3-11(9)14/h2-4,16H,5-6H2,1H3. The molecule has 5 heteroatoms. The second kappa shape index (κ2) is 4.40. The van der Waals surface area contributed by atoms with Crippen molar-refractivity contribution in [3.05, 3.63) is 45.4 Å². The molecule has 0 saturated carbocycles. The Morgan fingerprint density at radius 1 is 1.28 bits per heavy atom. The maximum atomic E-state index is 13.3. The molecule has 3 rings (SSSR count). The summed E-state index contributed by atoms with van der Waals surface area (Å²) >= 11 is 3.41. The maximum Gasteiger partial charge on any atom is 0.160 e. The maximum absolute atomic E-state index is 13.3. The molecule has 1 aliphatic heterocycles. The summed E-state index contributed by atoms with van der Waals surface area (Å²) in [6.07, 6.45) is 0. The second-order valence-electron chi connectivity index (χ2n) is 4.29. The van der Waals surface area contributed by atoms with E-state index in [1.807, 2.05) is 6.92 Å². The molecule has 1 N–H and O–H groups in total. The molecule has 2 aromatic rings. The minimum atomic E-state index is -0.284. The summed E-state index contributed by atoms with van der Waals surface area (Å²) in [6.45, 7) is 3.52. The highest BCUT2D eigenvalue weighted by Gasteiger charge is 2.18. The number of halogens is 2. The van der Waals surface area contributed by atoms with Crippen molar-refractivity contribution < 1.29 is 4.39 Å². The van der Waals surface area contributed by atoms with Crippen molar-refractivity contribution in [2.24, 2.45) is 0 Å². The van der Waals surface area contributed by atoms with Gasteiger partial charge in [-0.1, -0.05) is 15.9 Å². The molecule has 3 nitrogen and oxygen atoms in total. The molecule has 0 aliphatic carbocycles. The normalized spacial score (nSPS) is 13.7. The van der Waals surface area contributed by atoms with Crippen molar-refractivity contribution in [2.75, 3.05) is 0 Å². The van der Waals surface area contributed by atoms with Crippen LogP contribution in [0.2, 0.25) is 0 Å². The number of nitrogens with one attached hydrogen (secondary N) is 1. The minimum absolute atomic E-state index is 0.284. The quantitative estimate of drug-likeness (QED) is 0.880. The zero-order valence-electron chi connectivity index (χ0n) is 9.80. The highest BCUT2D eigenvalue weighted by atomic mass is 79.9. The fourth-order valence-corrected chi connectivity index (χ4v) is 2.55. The van der Waals surface area contributed by atoms with Crippen LogP contribution < -0.4 is 5.32 Å². The largest absolute Gasteiger partial charge is 0.307 e. The van der Waals surface area contributed by atoms with E-state index in [1.54, 1.807) is 6.07 Å². The Bertz CT molecular complexity index is 628. The smallest absolute Gasteiger partial charge is 0.160 e. The highest BCUT2D eigenvalue weighted by molar-refractivity contribution is 9.10. The number of fused-ring (bicyclic) bond motifs is 1. The van der Waals surface area contributed by atoms with Gasteiger partial charge < -0.3 is 5.32 Å². The lowest BCUT2D eigenvalue weighted by Gasteiger charge is -2.08. The number of aryl methyl sites for hydroxylation is 1. The predicted molar refractivity (Wildman–Crippen MR) is 70.4 cm³/mol. The van der Waals surface area contributed by atoms with Gasteiger partial charge in [-0.3, -0.25) is 0 Å². The fraction of sp³-hybridized carbons (Fsp3) is 0.231. The van der Waals surface area contributed by atoms with Crippen LogP contribution in [0.25, 0.3) is 11.4 Å². The van der Waals surface area contributed by atoms with E-state index in [9.17, 15) is 4.39 Å². The molecule has 0 atom stereocenters. The molecule has 2 heterocycles. The molecule has 1 aromatic heterocycles. The first-order chi connectivity index (χ1) is 8.65. The van der Waals surface area contributed by atoms with Crippen LogP contribution in [0.5, 0.6) is 0 Å². The number of benzene rings is 1. The average molecular weight is 308 g/mol. The molecule has 0 unspecified atom stereocenters. The molecule has 0 amide bonds. The van der Waals surface area contributed by atoms with Crippen molar-refractivity contribution in [1.29, 1.82) is 0 Å². The molecule has 0 fully saturated rings. The van der Waals surface area contributed by atoms with Gasteiger partial charge >= 0.3 is 0 Å². The van der Waals surface area contributed by atoms with Gasteiger partial charge in [-0.15, -0.1) is 0 Å². The molecular formula is C13H11BrFN3. The summed E-state index contributed by atoms with van der Waals surface area (Å²) in [5.74, 6) is 0.286. The molecule has 0 radical (unpaired) electrons. The van der Waals surface area contributed by atoms with Gasteiger partial charge in [0.15, 0.2) is 5.82 Å². The molecule has 0 saturated heterocycles. The van der Waals surface area contributed by atoms with E-state index in [2.05, 4.69) is 31.2 Å². The Balaban J connectivity index is 2.18. The Morgan fingerprint density at radius 3 is 2.94 bits per heavy atom. The van der Waals surface area contributed by atoms with Gasteiger partial charge in [0.2, 0.25) is 0 Å². The van der Waals surface area contributed by atoms with Crippen LogP contribution in [0.4, 0.5) is 4.39 Å². The van der Waals surface area contributed by atoms with Crippen LogP contribution in [0.3, 0.4) is 0 Å². The van der Waals surface area contributed by atoms with Crippen LogP contribution in [-0.2, 0) is 13.1 Å². The van der Waals surface area contributed by atoms with Crippen LogP contribution >= 0.6 is 15.9 Å². The zero-order valence-corrected chi connectivity index (χ0v) is 11.4. The van der Waals surface area contributed by atoms with Crippen molar-refractivity contribution in [3.63, 3.8) is 0 Å². The van der Waals surface area contributed by atoms with Gasteiger partial charge in [-0.05, 0) is 25.1 Å². The lowest BCUT2D eigenvalue weighted by Crippen LogP contribution is -2.00. The molecular weight excluding hydrogens is 297 g/mol. The van der Waals surface area contributed by atoms with Crippen molar-refractivity contribution >= 4 is 15.9 Å². The van der Waals surface area contributed by atoms with Crippen LogP contribution in [0, 0.1) is 12.7 Å². The summed E-state index contributed by atoms with van der Waals surface area (Å²) in [5, 5.41) is 3.24. The average Bonchev–Trinajstić information content (AvgIpc) is 2.81. The number of nitrogens with zero attached hydrogens (tertiary/aromatic N) is 2. The van der Waals surface area contributed by atoms with Gasteiger partial charge in [-0.2, -0.15) is 0 Å². The SMILES string of the molecule is Cc1nc(-c2cc(F)ccc2Br)nc2c1CNC2. The summed E-state index contributed by atoms with van der Waals surface area (Å²) in [7, 11) is 0. The summed E-state index contributed by atoms with van der Waals surface area (Å²) in [5.41, 5.74) is 3.81. The Kier molecular flexibility index (Phi) is 2.87. The topological polar surface area (TPSA) is 37.8 Å². The van der Waals surface area contributed by atoms with Gasteiger partial charge in [0, 0.05) is 34.4 Å². The lowest BCUT2D eigenvalue weighted by atomic mass is 10.1. The molecule has 1 aliphatic rings. The van der Waals surface area contributed by atoms with E-state index in [-0.39, 0.29) is 5.82 Å². The summed E-state index contributed by atoms with van der Waals surface area (Å²) in [4.78, 5) is 8.99. The van der Waals surface area contributed by atoms with Crippen LogP contribution in [-0.4, -0.2) is 9.97 Å². The molecule has 0 spiro atoms. The predicted octanol–water partition coefficient (Wildman–Crippen LogP) is 2.96. The van der Waals surface area contributed by atoms with E-state index in [4.69, 9.17) is 0 Å². The van der Waals surface area contributed by atoms with Crippen molar-refractivity contribution in [1.82, 2.24) is 15.3 Å². The second-order valence-corrected chi connectivity index (χ2v) is 5.14.